The first-order chi connectivity index (χ1) is 9.81. The van der Waals surface area contributed by atoms with E-state index < -0.39 is 0 Å². The molecule has 4 nitrogen and oxygen atoms in total. The van der Waals surface area contributed by atoms with Crippen LogP contribution in [0.3, 0.4) is 0 Å². The van der Waals surface area contributed by atoms with Gasteiger partial charge in [-0.25, -0.2) is 0 Å². The number of benzene rings is 1. The van der Waals surface area contributed by atoms with Crippen molar-refractivity contribution in [2.75, 3.05) is 23.8 Å². The van der Waals surface area contributed by atoms with Crippen LogP contribution in [0.5, 0.6) is 0 Å². The summed E-state index contributed by atoms with van der Waals surface area (Å²) in [5.74, 6) is 0. The summed E-state index contributed by atoms with van der Waals surface area (Å²) in [5, 5.41) is 10.1. The van der Waals surface area contributed by atoms with Crippen molar-refractivity contribution in [3.8, 4) is 0 Å². The van der Waals surface area contributed by atoms with Crippen LogP contribution in [0.2, 0.25) is 0 Å². The third kappa shape index (κ3) is 2.31. The topological polar surface area (TPSA) is 62.4 Å². The predicted octanol–water partition coefficient (Wildman–Crippen LogP) is 2.56. The van der Waals surface area contributed by atoms with Crippen molar-refractivity contribution in [2.45, 2.75) is 31.7 Å². The SMILES string of the molecule is Nc1ccc(N(CCCO)C2CCC2)c2ncccc12. The molecular formula is C16H21N3O. The van der Waals surface area contributed by atoms with E-state index in [9.17, 15) is 0 Å². The van der Waals surface area contributed by atoms with E-state index in [0.29, 0.717) is 6.04 Å². The number of nitrogens with two attached hydrogens (primary N) is 1. The molecule has 0 unspecified atom stereocenters. The second kappa shape index (κ2) is 5.67. The van der Waals surface area contributed by atoms with Gasteiger partial charge in [-0.2, -0.15) is 0 Å². The summed E-state index contributed by atoms with van der Waals surface area (Å²) >= 11 is 0. The van der Waals surface area contributed by atoms with E-state index in [0.717, 1.165) is 35.2 Å². The molecule has 0 atom stereocenters. The lowest BCUT2D eigenvalue weighted by atomic mass is 9.90. The van der Waals surface area contributed by atoms with Gasteiger partial charge in [-0.3, -0.25) is 4.98 Å². The number of hydrogen-bond donors (Lipinski definition) is 2. The summed E-state index contributed by atoms with van der Waals surface area (Å²) in [4.78, 5) is 6.92. The summed E-state index contributed by atoms with van der Waals surface area (Å²) in [5.41, 5.74) is 8.94. The third-order valence-corrected chi connectivity index (χ3v) is 4.16. The molecule has 2 aromatic rings. The lowest BCUT2D eigenvalue weighted by Gasteiger charge is -2.39. The molecule has 0 bridgehead atoms. The Morgan fingerprint density at radius 2 is 2.15 bits per heavy atom. The first kappa shape index (κ1) is 13.2. The van der Waals surface area contributed by atoms with Gasteiger partial charge < -0.3 is 15.7 Å². The molecule has 106 valence electrons. The van der Waals surface area contributed by atoms with Crippen LogP contribution in [0, 0.1) is 0 Å². The fourth-order valence-corrected chi connectivity index (χ4v) is 2.85. The number of nitrogen functional groups attached to an aromatic ring is 1. The molecule has 0 spiro atoms. The van der Waals surface area contributed by atoms with Gasteiger partial charge in [-0.1, -0.05) is 0 Å². The van der Waals surface area contributed by atoms with Gasteiger partial charge in [0.15, 0.2) is 0 Å². The van der Waals surface area contributed by atoms with Gasteiger partial charge in [0.2, 0.25) is 0 Å². The summed E-state index contributed by atoms with van der Waals surface area (Å²) in [6.45, 7) is 1.10. The molecular weight excluding hydrogens is 250 g/mol. The number of hydrogen-bond acceptors (Lipinski definition) is 4. The Morgan fingerprint density at radius 1 is 1.30 bits per heavy atom. The second-order valence-corrected chi connectivity index (χ2v) is 5.43. The monoisotopic (exact) mass is 271 g/mol. The molecule has 1 fully saturated rings. The van der Waals surface area contributed by atoms with Gasteiger partial charge in [0.25, 0.3) is 0 Å². The smallest absolute Gasteiger partial charge is 0.0956 e. The molecule has 4 heteroatoms. The van der Waals surface area contributed by atoms with E-state index in [1.165, 1.54) is 19.3 Å². The number of aliphatic hydroxyl groups is 1. The number of fused-ring (bicyclic) bond motifs is 1. The molecule has 0 aliphatic heterocycles. The molecule has 1 aliphatic carbocycles. The van der Waals surface area contributed by atoms with Crippen molar-refractivity contribution in [2.24, 2.45) is 0 Å². The third-order valence-electron chi connectivity index (χ3n) is 4.16. The van der Waals surface area contributed by atoms with E-state index >= 15 is 0 Å². The molecule has 1 aromatic carbocycles. The zero-order valence-electron chi connectivity index (χ0n) is 11.6. The Labute approximate surface area is 119 Å². The highest BCUT2D eigenvalue weighted by atomic mass is 16.3. The largest absolute Gasteiger partial charge is 0.398 e. The van der Waals surface area contributed by atoms with Crippen LogP contribution in [-0.2, 0) is 0 Å². The maximum absolute atomic E-state index is 9.13. The normalized spacial score (nSPS) is 15.2. The maximum atomic E-state index is 9.13. The standard InChI is InChI=1S/C16H21N3O/c17-14-7-8-15(16-13(14)6-2-9-18-16)19(10-3-11-20)12-4-1-5-12/h2,6-9,12,20H,1,3-5,10-11,17H2. The quantitative estimate of drug-likeness (QED) is 0.820. The van der Waals surface area contributed by atoms with E-state index in [-0.39, 0.29) is 6.61 Å². The fourth-order valence-electron chi connectivity index (χ4n) is 2.85. The van der Waals surface area contributed by atoms with Crippen LogP contribution >= 0.6 is 0 Å². The lowest BCUT2D eigenvalue weighted by molar-refractivity contribution is 0.283. The Kier molecular flexibility index (Phi) is 3.74. The van der Waals surface area contributed by atoms with Crippen LogP contribution < -0.4 is 10.6 Å². The molecule has 1 aromatic heterocycles. The lowest BCUT2D eigenvalue weighted by Crippen LogP contribution is -2.41. The van der Waals surface area contributed by atoms with Crippen LogP contribution in [0.15, 0.2) is 30.5 Å². The second-order valence-electron chi connectivity index (χ2n) is 5.43. The van der Waals surface area contributed by atoms with Crippen LogP contribution in [0.1, 0.15) is 25.7 Å². The zero-order chi connectivity index (χ0) is 13.9. The van der Waals surface area contributed by atoms with E-state index in [4.69, 9.17) is 10.8 Å². The fraction of sp³-hybridized carbons (Fsp3) is 0.438. The zero-order valence-corrected chi connectivity index (χ0v) is 11.6. The molecule has 0 amide bonds. The first-order valence-electron chi connectivity index (χ1n) is 7.32. The molecule has 0 radical (unpaired) electrons. The van der Waals surface area contributed by atoms with Gasteiger partial charge in [0.05, 0.1) is 11.2 Å². The Balaban J connectivity index is 2.03. The number of pyridine rings is 1. The number of aromatic nitrogens is 1. The van der Waals surface area contributed by atoms with E-state index in [1.54, 1.807) is 0 Å². The molecule has 1 aliphatic rings. The highest BCUT2D eigenvalue weighted by molar-refractivity contribution is 5.98. The summed E-state index contributed by atoms with van der Waals surface area (Å²) in [6, 6.07) is 8.55. The average Bonchev–Trinajstić information content (AvgIpc) is 2.42. The van der Waals surface area contributed by atoms with Crippen LogP contribution in [0.4, 0.5) is 11.4 Å². The number of nitrogens with zero attached hydrogens (tertiary/aromatic N) is 2. The maximum Gasteiger partial charge on any atom is 0.0956 e. The number of aliphatic hydroxyl groups excluding tert-OH is 1. The van der Waals surface area contributed by atoms with Gasteiger partial charge in [0, 0.05) is 36.5 Å². The predicted molar refractivity (Wildman–Crippen MR) is 82.8 cm³/mol. The molecule has 3 rings (SSSR count). The molecule has 1 saturated carbocycles. The van der Waals surface area contributed by atoms with Crippen LogP contribution in [-0.4, -0.2) is 29.3 Å². The van der Waals surface area contributed by atoms with E-state index in [1.807, 2.05) is 24.4 Å². The Bertz CT molecular complexity index is 595. The highest BCUT2D eigenvalue weighted by Gasteiger charge is 2.26. The average molecular weight is 271 g/mol. The minimum atomic E-state index is 0.226. The molecule has 20 heavy (non-hydrogen) atoms. The summed E-state index contributed by atoms with van der Waals surface area (Å²) in [6.07, 6.45) is 6.35. The molecule has 3 N–H and O–H groups in total. The van der Waals surface area contributed by atoms with Crippen molar-refractivity contribution >= 4 is 22.3 Å². The molecule has 0 saturated heterocycles. The van der Waals surface area contributed by atoms with E-state index in [2.05, 4.69) is 16.0 Å². The van der Waals surface area contributed by atoms with Gasteiger partial charge >= 0.3 is 0 Å². The van der Waals surface area contributed by atoms with Crippen LogP contribution in [0.25, 0.3) is 10.9 Å². The summed E-state index contributed by atoms with van der Waals surface area (Å²) < 4.78 is 0. The Morgan fingerprint density at radius 3 is 2.85 bits per heavy atom. The minimum Gasteiger partial charge on any atom is -0.398 e. The first-order valence-corrected chi connectivity index (χ1v) is 7.32. The van der Waals surface area contributed by atoms with Crippen molar-refractivity contribution in [3.05, 3.63) is 30.5 Å². The van der Waals surface area contributed by atoms with Crippen molar-refractivity contribution in [1.82, 2.24) is 4.98 Å². The summed E-state index contributed by atoms with van der Waals surface area (Å²) in [7, 11) is 0. The number of anilines is 2. The highest BCUT2D eigenvalue weighted by Crippen LogP contribution is 2.35. The van der Waals surface area contributed by atoms with Crippen molar-refractivity contribution < 1.29 is 5.11 Å². The molecule has 1 heterocycles. The van der Waals surface area contributed by atoms with Gasteiger partial charge in [0.1, 0.15) is 0 Å². The minimum absolute atomic E-state index is 0.226. The van der Waals surface area contributed by atoms with Gasteiger partial charge in [-0.15, -0.1) is 0 Å². The van der Waals surface area contributed by atoms with Crippen molar-refractivity contribution in [3.63, 3.8) is 0 Å². The number of rotatable bonds is 5. The van der Waals surface area contributed by atoms with Crippen molar-refractivity contribution in [1.29, 1.82) is 0 Å². The van der Waals surface area contributed by atoms with Gasteiger partial charge in [-0.05, 0) is 49.9 Å². The Hall–Kier alpha value is -1.81.